The lowest BCUT2D eigenvalue weighted by atomic mass is 9.90. The normalized spacial score (nSPS) is 17.0. The zero-order valence-corrected chi connectivity index (χ0v) is 17.4. The van der Waals surface area contributed by atoms with Crippen LogP contribution in [0.2, 0.25) is 0 Å². The highest BCUT2D eigenvalue weighted by atomic mass is 16.4. The Morgan fingerprint density at radius 2 is 2.00 bits per heavy atom. The highest BCUT2D eigenvalue weighted by Gasteiger charge is 2.35. The van der Waals surface area contributed by atoms with Gasteiger partial charge in [0.25, 0.3) is 0 Å². The third-order valence-electron chi connectivity index (χ3n) is 5.63. The van der Waals surface area contributed by atoms with Crippen molar-refractivity contribution in [1.29, 1.82) is 0 Å². The van der Waals surface area contributed by atoms with Gasteiger partial charge >= 0.3 is 5.97 Å². The van der Waals surface area contributed by atoms with Crippen molar-refractivity contribution in [2.24, 2.45) is 5.73 Å². The molecule has 3 heterocycles. The molecule has 1 aliphatic rings. The predicted molar refractivity (Wildman–Crippen MR) is 113 cm³/mol. The lowest BCUT2D eigenvalue weighted by molar-refractivity contribution is -0.138. The van der Waals surface area contributed by atoms with Gasteiger partial charge in [-0.2, -0.15) is 0 Å². The zero-order chi connectivity index (χ0) is 21.9. The van der Waals surface area contributed by atoms with E-state index in [4.69, 9.17) is 10.8 Å². The van der Waals surface area contributed by atoms with E-state index in [-0.39, 0.29) is 25.3 Å². The lowest BCUT2D eigenvalue weighted by Crippen LogP contribution is -2.53. The van der Waals surface area contributed by atoms with Crippen LogP contribution in [0.4, 0.5) is 5.69 Å². The number of aliphatic hydroxyl groups is 1. The molecule has 0 saturated carbocycles. The molecule has 9 nitrogen and oxygen atoms in total. The Balaban J connectivity index is 1.62. The molecular weight excluding hydrogens is 386 g/mol. The highest BCUT2D eigenvalue weighted by molar-refractivity contribution is 5.88. The van der Waals surface area contributed by atoms with Crippen molar-refractivity contribution in [3.8, 4) is 0 Å². The summed E-state index contributed by atoms with van der Waals surface area (Å²) in [5.41, 5.74) is 8.40. The number of nitrogens with two attached hydrogens (primary N) is 1. The maximum atomic E-state index is 12.4. The predicted octanol–water partition coefficient (Wildman–Crippen LogP) is 0.920. The van der Waals surface area contributed by atoms with Crippen molar-refractivity contribution in [2.75, 3.05) is 31.6 Å². The van der Waals surface area contributed by atoms with Gasteiger partial charge in [-0.25, -0.2) is 4.98 Å². The minimum absolute atomic E-state index is 0.0756. The van der Waals surface area contributed by atoms with Crippen molar-refractivity contribution < 1.29 is 19.8 Å². The summed E-state index contributed by atoms with van der Waals surface area (Å²) >= 11 is 0. The second-order valence-electron chi connectivity index (χ2n) is 8.10. The molecular formula is C21H29N5O4. The molecule has 9 heteroatoms. The van der Waals surface area contributed by atoms with E-state index >= 15 is 0 Å². The smallest absolute Gasteiger partial charge is 0.303 e. The highest BCUT2D eigenvalue weighted by Crippen LogP contribution is 2.30. The fraction of sp³-hybridized carbons (Fsp3) is 0.524. The summed E-state index contributed by atoms with van der Waals surface area (Å²) in [6, 6.07) is 4.95. The number of piperidine rings is 1. The van der Waals surface area contributed by atoms with E-state index in [0.717, 1.165) is 22.4 Å². The number of carbonyl (C=O) groups excluding carboxylic acids is 1. The van der Waals surface area contributed by atoms with Gasteiger partial charge in [-0.15, -0.1) is 0 Å². The molecule has 2 aromatic heterocycles. The fourth-order valence-electron chi connectivity index (χ4n) is 3.89. The first kappa shape index (κ1) is 21.9. The fourth-order valence-corrected chi connectivity index (χ4v) is 3.89. The number of aliphatic carboxylic acids is 1. The van der Waals surface area contributed by atoms with Crippen LogP contribution in [0.1, 0.15) is 31.4 Å². The topological polar surface area (TPSA) is 133 Å². The van der Waals surface area contributed by atoms with E-state index < -0.39 is 17.6 Å². The number of aromatic nitrogens is 2. The lowest BCUT2D eigenvalue weighted by Gasteiger charge is -2.41. The van der Waals surface area contributed by atoms with Crippen LogP contribution in [0.25, 0.3) is 11.0 Å². The number of aryl methyl sites for hydroxylation is 1. The number of fused-ring (bicyclic) bond motifs is 1. The number of pyridine rings is 2. The Hall–Kier alpha value is -2.78. The number of amides is 1. The first-order chi connectivity index (χ1) is 14.2. The Kier molecular flexibility index (Phi) is 6.52. The summed E-state index contributed by atoms with van der Waals surface area (Å²) in [7, 11) is 1.59. The third-order valence-corrected chi connectivity index (χ3v) is 5.63. The Bertz CT molecular complexity index is 927. The van der Waals surface area contributed by atoms with Crippen LogP contribution >= 0.6 is 0 Å². The molecule has 1 amide bonds. The minimum atomic E-state index is -1.01. The molecule has 30 heavy (non-hydrogen) atoms. The van der Waals surface area contributed by atoms with Crippen LogP contribution < -0.4 is 10.6 Å². The van der Waals surface area contributed by atoms with Crippen LogP contribution in [0.15, 0.2) is 24.4 Å². The van der Waals surface area contributed by atoms with E-state index in [1.807, 2.05) is 25.1 Å². The molecule has 1 atom stereocenters. The minimum Gasteiger partial charge on any atom is -0.481 e. The molecule has 162 valence electrons. The van der Waals surface area contributed by atoms with E-state index in [9.17, 15) is 14.7 Å². The molecule has 0 radical (unpaired) electrons. The monoisotopic (exact) mass is 415 g/mol. The van der Waals surface area contributed by atoms with Crippen molar-refractivity contribution >= 4 is 28.6 Å². The number of hydrogen-bond acceptors (Lipinski definition) is 7. The summed E-state index contributed by atoms with van der Waals surface area (Å²) < 4.78 is 0. The number of nitrogens with zero attached hydrogens (tertiary/aromatic N) is 4. The molecule has 1 aliphatic heterocycles. The van der Waals surface area contributed by atoms with Gasteiger partial charge in [0, 0.05) is 45.0 Å². The second kappa shape index (κ2) is 8.93. The van der Waals surface area contributed by atoms with Gasteiger partial charge in [-0.3, -0.25) is 14.6 Å². The number of carboxylic acids is 1. The molecule has 3 rings (SSSR count). The van der Waals surface area contributed by atoms with Crippen molar-refractivity contribution in [2.45, 2.75) is 44.2 Å². The summed E-state index contributed by atoms with van der Waals surface area (Å²) in [6.45, 7) is 3.35. The van der Waals surface area contributed by atoms with Gasteiger partial charge in [-0.05, 0) is 44.4 Å². The van der Waals surface area contributed by atoms with Crippen molar-refractivity contribution in [1.82, 2.24) is 14.9 Å². The SMILES string of the molecule is Cc1ccc2nccc(N3CCC(O)(CN(C)C(=O)[C@@H](N)CCC(=O)O)CC3)c2n1. The number of hydrogen-bond donors (Lipinski definition) is 3. The van der Waals surface area contributed by atoms with Crippen LogP contribution in [0.5, 0.6) is 0 Å². The summed E-state index contributed by atoms with van der Waals surface area (Å²) in [4.78, 5) is 35.7. The molecule has 2 aromatic rings. The number of anilines is 1. The first-order valence-corrected chi connectivity index (χ1v) is 10.1. The van der Waals surface area contributed by atoms with Crippen LogP contribution in [-0.4, -0.2) is 75.3 Å². The molecule has 1 fully saturated rings. The molecule has 0 bridgehead atoms. The largest absolute Gasteiger partial charge is 0.481 e. The molecule has 1 saturated heterocycles. The second-order valence-corrected chi connectivity index (χ2v) is 8.10. The summed E-state index contributed by atoms with van der Waals surface area (Å²) in [6.07, 6.45) is 2.66. The van der Waals surface area contributed by atoms with E-state index in [1.165, 1.54) is 4.90 Å². The van der Waals surface area contributed by atoms with E-state index in [2.05, 4.69) is 14.9 Å². The van der Waals surface area contributed by atoms with Gasteiger partial charge < -0.3 is 25.7 Å². The van der Waals surface area contributed by atoms with Gasteiger partial charge in [0.1, 0.15) is 5.52 Å². The molecule has 4 N–H and O–H groups in total. The maximum absolute atomic E-state index is 12.4. The number of rotatable bonds is 7. The Morgan fingerprint density at radius 1 is 1.30 bits per heavy atom. The van der Waals surface area contributed by atoms with Gasteiger partial charge in [0.2, 0.25) is 5.91 Å². The quantitative estimate of drug-likeness (QED) is 0.608. The standard InChI is InChI=1S/C21H29N5O4/c1-14-3-5-16-19(24-14)17(7-10-23-16)26-11-8-21(30,9-12-26)13-25(2)20(29)15(22)4-6-18(27)28/h3,5,7,10,15,30H,4,6,8-9,11-13,22H2,1-2H3,(H,27,28)/t15-/m0/s1. The molecule has 0 unspecified atom stereocenters. The maximum Gasteiger partial charge on any atom is 0.303 e. The van der Waals surface area contributed by atoms with E-state index in [1.54, 1.807) is 13.2 Å². The van der Waals surface area contributed by atoms with Crippen LogP contribution in [0, 0.1) is 6.92 Å². The number of carboxylic acid groups (broad SMARTS) is 1. The third kappa shape index (κ3) is 5.03. The average molecular weight is 415 g/mol. The van der Waals surface area contributed by atoms with E-state index in [0.29, 0.717) is 25.9 Å². The van der Waals surface area contributed by atoms with Crippen molar-refractivity contribution in [3.05, 3.63) is 30.1 Å². The zero-order valence-electron chi connectivity index (χ0n) is 17.4. The van der Waals surface area contributed by atoms with Crippen LogP contribution in [0.3, 0.4) is 0 Å². The van der Waals surface area contributed by atoms with Gasteiger partial charge in [0.15, 0.2) is 0 Å². The number of likely N-dealkylation sites (N-methyl/N-ethyl adjacent to an activating group) is 1. The Morgan fingerprint density at radius 3 is 2.67 bits per heavy atom. The summed E-state index contributed by atoms with van der Waals surface area (Å²) in [5, 5.41) is 19.8. The summed E-state index contributed by atoms with van der Waals surface area (Å²) in [5.74, 6) is -1.34. The number of carbonyl (C=O) groups is 2. The van der Waals surface area contributed by atoms with Crippen molar-refractivity contribution in [3.63, 3.8) is 0 Å². The first-order valence-electron chi connectivity index (χ1n) is 10.1. The average Bonchev–Trinajstić information content (AvgIpc) is 2.71. The molecule has 0 aliphatic carbocycles. The van der Waals surface area contributed by atoms with Gasteiger partial charge in [-0.1, -0.05) is 0 Å². The van der Waals surface area contributed by atoms with Crippen LogP contribution in [-0.2, 0) is 9.59 Å². The molecule has 0 spiro atoms. The Labute approximate surface area is 175 Å². The molecule has 0 aromatic carbocycles. The van der Waals surface area contributed by atoms with Gasteiger partial charge in [0.05, 0.1) is 22.8 Å².